The van der Waals surface area contributed by atoms with Gasteiger partial charge >= 0.3 is 0 Å². The number of hydrogen-bond acceptors (Lipinski definition) is 5. The second-order valence-corrected chi connectivity index (χ2v) is 9.17. The van der Waals surface area contributed by atoms with E-state index in [4.69, 9.17) is 4.42 Å². The SMILES string of the molecule is CN1CCC/C1=N\S(=O)(=O)c1cccc(NC(=O)CCc2ncc(-c3ccccc3)o2)c1. The first-order chi connectivity index (χ1) is 15.4. The predicted molar refractivity (Wildman–Crippen MR) is 122 cm³/mol. The third-order valence-electron chi connectivity index (χ3n) is 5.15. The van der Waals surface area contributed by atoms with E-state index in [2.05, 4.69) is 14.7 Å². The molecule has 1 saturated heterocycles. The zero-order valence-electron chi connectivity index (χ0n) is 17.7. The number of nitrogens with zero attached hydrogens (tertiary/aromatic N) is 3. The van der Waals surface area contributed by atoms with E-state index < -0.39 is 10.0 Å². The molecular weight excluding hydrogens is 428 g/mol. The van der Waals surface area contributed by atoms with Crippen molar-refractivity contribution in [3.8, 4) is 11.3 Å². The Morgan fingerprint density at radius 2 is 2.00 bits per heavy atom. The van der Waals surface area contributed by atoms with Crippen LogP contribution in [0.4, 0.5) is 5.69 Å². The number of aryl methyl sites for hydroxylation is 1. The highest BCUT2D eigenvalue weighted by molar-refractivity contribution is 7.90. The van der Waals surface area contributed by atoms with E-state index in [9.17, 15) is 13.2 Å². The van der Waals surface area contributed by atoms with Crippen LogP contribution in [-0.4, -0.2) is 43.6 Å². The number of carbonyl (C=O) groups excluding carboxylic acids is 1. The molecule has 1 aliphatic heterocycles. The van der Waals surface area contributed by atoms with Gasteiger partial charge < -0.3 is 14.6 Å². The summed E-state index contributed by atoms with van der Waals surface area (Å²) in [4.78, 5) is 18.5. The normalized spacial score (nSPS) is 15.3. The standard InChI is InChI=1S/C23H24N4O4S/c1-27-14-6-11-21(27)26-32(29,30)19-10-5-9-18(15-19)25-22(28)12-13-23-24-16-20(31-23)17-7-3-2-4-8-17/h2-5,7-10,15-16H,6,11-14H2,1H3,(H,25,28)/b26-21+. The fraction of sp³-hybridized carbons (Fsp3) is 0.261. The number of carbonyl (C=O) groups is 1. The van der Waals surface area contributed by atoms with Crippen LogP contribution in [0.5, 0.6) is 0 Å². The first-order valence-electron chi connectivity index (χ1n) is 10.4. The van der Waals surface area contributed by atoms with Crippen LogP contribution in [0.2, 0.25) is 0 Å². The minimum atomic E-state index is -3.84. The molecule has 2 heterocycles. The lowest BCUT2D eigenvalue weighted by Crippen LogP contribution is -2.20. The molecule has 3 aromatic rings. The van der Waals surface area contributed by atoms with Crippen LogP contribution in [0.3, 0.4) is 0 Å². The Bertz CT molecular complexity index is 1240. The minimum absolute atomic E-state index is 0.0447. The Morgan fingerprint density at radius 3 is 2.75 bits per heavy atom. The van der Waals surface area contributed by atoms with E-state index in [0.29, 0.717) is 36.0 Å². The highest BCUT2D eigenvalue weighted by Gasteiger charge is 2.20. The van der Waals surface area contributed by atoms with Gasteiger partial charge in [0.05, 0.1) is 11.1 Å². The first kappa shape index (κ1) is 21.8. The van der Waals surface area contributed by atoms with Crippen molar-refractivity contribution >= 4 is 27.5 Å². The Morgan fingerprint density at radius 1 is 1.19 bits per heavy atom. The number of aromatic nitrogens is 1. The zero-order valence-corrected chi connectivity index (χ0v) is 18.5. The molecule has 1 aromatic heterocycles. The number of anilines is 1. The summed E-state index contributed by atoms with van der Waals surface area (Å²) in [6, 6.07) is 15.7. The van der Waals surface area contributed by atoms with E-state index in [1.54, 1.807) is 18.3 Å². The number of rotatable bonds is 7. The molecule has 0 saturated carbocycles. The van der Waals surface area contributed by atoms with Crippen molar-refractivity contribution in [2.75, 3.05) is 18.9 Å². The second kappa shape index (κ2) is 9.35. The van der Waals surface area contributed by atoms with Crippen LogP contribution in [0, 0.1) is 0 Å². The van der Waals surface area contributed by atoms with Gasteiger partial charge in [0.15, 0.2) is 11.7 Å². The number of benzene rings is 2. The number of amides is 1. The van der Waals surface area contributed by atoms with E-state index in [1.807, 2.05) is 42.3 Å². The van der Waals surface area contributed by atoms with Crippen molar-refractivity contribution in [3.63, 3.8) is 0 Å². The molecule has 2 aromatic carbocycles. The first-order valence-corrected chi connectivity index (χ1v) is 11.8. The summed E-state index contributed by atoms with van der Waals surface area (Å²) in [5.74, 6) is 1.40. The Balaban J connectivity index is 1.37. The average molecular weight is 453 g/mol. The number of sulfonamides is 1. The van der Waals surface area contributed by atoms with Crippen molar-refractivity contribution in [1.82, 2.24) is 9.88 Å². The monoisotopic (exact) mass is 452 g/mol. The van der Waals surface area contributed by atoms with Crippen molar-refractivity contribution in [3.05, 3.63) is 66.7 Å². The van der Waals surface area contributed by atoms with Crippen molar-refractivity contribution in [2.24, 2.45) is 4.40 Å². The average Bonchev–Trinajstić information content (AvgIpc) is 3.42. The van der Waals surface area contributed by atoms with E-state index in [0.717, 1.165) is 18.5 Å². The third kappa shape index (κ3) is 5.23. The molecule has 0 unspecified atom stereocenters. The minimum Gasteiger partial charge on any atom is -0.441 e. The van der Waals surface area contributed by atoms with Crippen LogP contribution in [-0.2, 0) is 21.2 Å². The molecule has 1 aliphatic rings. The van der Waals surface area contributed by atoms with Crippen LogP contribution in [0.25, 0.3) is 11.3 Å². The molecule has 166 valence electrons. The predicted octanol–water partition coefficient (Wildman–Crippen LogP) is 3.73. The summed E-state index contributed by atoms with van der Waals surface area (Å²) < 4.78 is 35.0. The Kier molecular flexibility index (Phi) is 6.36. The van der Waals surface area contributed by atoms with Crippen molar-refractivity contribution in [1.29, 1.82) is 0 Å². The van der Waals surface area contributed by atoms with Gasteiger partial charge in [-0.1, -0.05) is 36.4 Å². The van der Waals surface area contributed by atoms with Crippen LogP contribution in [0.1, 0.15) is 25.2 Å². The number of nitrogens with one attached hydrogen (secondary N) is 1. The topological polar surface area (TPSA) is 105 Å². The molecule has 0 atom stereocenters. The van der Waals surface area contributed by atoms with E-state index >= 15 is 0 Å². The lowest BCUT2D eigenvalue weighted by molar-refractivity contribution is -0.116. The smallest absolute Gasteiger partial charge is 0.284 e. The second-order valence-electron chi connectivity index (χ2n) is 7.57. The lowest BCUT2D eigenvalue weighted by Gasteiger charge is -2.11. The molecule has 9 heteroatoms. The summed E-state index contributed by atoms with van der Waals surface area (Å²) in [6.07, 6.45) is 3.65. The van der Waals surface area contributed by atoms with Gasteiger partial charge in [-0.2, -0.15) is 8.42 Å². The van der Waals surface area contributed by atoms with Crippen LogP contribution < -0.4 is 5.32 Å². The van der Waals surface area contributed by atoms with Crippen molar-refractivity contribution < 1.29 is 17.6 Å². The maximum Gasteiger partial charge on any atom is 0.284 e. The molecule has 8 nitrogen and oxygen atoms in total. The summed E-state index contributed by atoms with van der Waals surface area (Å²) in [6.45, 7) is 0.793. The zero-order chi connectivity index (χ0) is 22.6. The van der Waals surface area contributed by atoms with Gasteiger partial charge in [0, 0.05) is 44.1 Å². The Labute approximate surface area is 187 Å². The van der Waals surface area contributed by atoms with Gasteiger partial charge in [0.2, 0.25) is 5.91 Å². The lowest BCUT2D eigenvalue weighted by atomic mass is 10.2. The molecule has 4 rings (SSSR count). The van der Waals surface area contributed by atoms with Gasteiger partial charge in [0.25, 0.3) is 10.0 Å². The highest BCUT2D eigenvalue weighted by atomic mass is 32.2. The molecular formula is C23H24N4O4S. The molecule has 32 heavy (non-hydrogen) atoms. The largest absolute Gasteiger partial charge is 0.441 e. The molecule has 0 spiro atoms. The molecule has 1 fully saturated rings. The maximum atomic E-state index is 12.7. The third-order valence-corrected chi connectivity index (χ3v) is 6.45. The van der Waals surface area contributed by atoms with E-state index in [-0.39, 0.29) is 17.2 Å². The van der Waals surface area contributed by atoms with Crippen molar-refractivity contribution in [2.45, 2.75) is 30.6 Å². The summed E-state index contributed by atoms with van der Waals surface area (Å²) in [5, 5.41) is 2.73. The van der Waals surface area contributed by atoms with Gasteiger partial charge in [-0.25, -0.2) is 4.98 Å². The molecule has 1 amide bonds. The molecule has 0 radical (unpaired) electrons. The number of oxazole rings is 1. The number of amidine groups is 1. The maximum absolute atomic E-state index is 12.7. The van der Waals surface area contributed by atoms with Crippen LogP contribution in [0.15, 0.2) is 74.5 Å². The van der Waals surface area contributed by atoms with Crippen LogP contribution >= 0.6 is 0 Å². The number of hydrogen-bond donors (Lipinski definition) is 1. The fourth-order valence-electron chi connectivity index (χ4n) is 3.44. The highest BCUT2D eigenvalue weighted by Crippen LogP contribution is 2.22. The van der Waals surface area contributed by atoms with Gasteiger partial charge in [-0.3, -0.25) is 4.79 Å². The van der Waals surface area contributed by atoms with Gasteiger partial charge in [-0.05, 0) is 24.6 Å². The summed E-state index contributed by atoms with van der Waals surface area (Å²) in [5.41, 5.74) is 1.31. The Hall–Kier alpha value is -3.46. The fourth-order valence-corrected chi connectivity index (χ4v) is 4.58. The molecule has 1 N–H and O–H groups in total. The van der Waals surface area contributed by atoms with Gasteiger partial charge in [0.1, 0.15) is 5.84 Å². The summed E-state index contributed by atoms with van der Waals surface area (Å²) >= 11 is 0. The summed E-state index contributed by atoms with van der Waals surface area (Å²) in [7, 11) is -2.02. The van der Waals surface area contributed by atoms with E-state index in [1.165, 1.54) is 12.1 Å². The molecule has 0 bridgehead atoms. The van der Waals surface area contributed by atoms with Gasteiger partial charge in [-0.15, -0.1) is 4.40 Å². The quantitative estimate of drug-likeness (QED) is 0.586. The molecule has 0 aliphatic carbocycles. The number of likely N-dealkylation sites (tertiary alicyclic amines) is 1.